The number of hydrogen-bond acceptors (Lipinski definition) is 2. The highest BCUT2D eigenvalue weighted by Crippen LogP contribution is 2.26. The maximum absolute atomic E-state index is 13.1. The number of benzene rings is 2. The molecular weight excluding hydrogens is 325 g/mol. The summed E-state index contributed by atoms with van der Waals surface area (Å²) in [6.07, 6.45) is 5.20. The maximum atomic E-state index is 13.1. The molecule has 3 aromatic rings. The fourth-order valence-corrected chi connectivity index (χ4v) is 3.14. The monoisotopic (exact) mass is 343 g/mol. The first-order valence-corrected chi connectivity index (χ1v) is 7.89. The standard InChI is InChI=1S/C19H18FN3.ClH/c1-13-10-15(8-9-21-13)14-2-7-19-16(11-14)12-22-23(19)18-5-3-17(20)4-6-18;/h2-7,10-13,21H,8-9H2,1H3;1H/t13-;/m1./s1. The minimum atomic E-state index is -0.237. The van der Waals surface area contributed by atoms with E-state index in [2.05, 4.69) is 41.6 Å². The lowest BCUT2D eigenvalue weighted by molar-refractivity contribution is 0.620. The summed E-state index contributed by atoms with van der Waals surface area (Å²) in [7, 11) is 0. The molecule has 1 aromatic heterocycles. The van der Waals surface area contributed by atoms with Crippen molar-refractivity contribution in [2.45, 2.75) is 19.4 Å². The molecule has 0 aliphatic carbocycles. The normalized spacial score (nSPS) is 17.4. The molecule has 1 atom stereocenters. The molecule has 1 aliphatic rings. The van der Waals surface area contributed by atoms with Gasteiger partial charge in [0.05, 0.1) is 17.4 Å². The summed E-state index contributed by atoms with van der Waals surface area (Å²) in [6.45, 7) is 3.18. The van der Waals surface area contributed by atoms with E-state index in [1.807, 2.05) is 10.9 Å². The highest BCUT2D eigenvalue weighted by molar-refractivity contribution is 5.85. The Labute approximate surface area is 146 Å². The summed E-state index contributed by atoms with van der Waals surface area (Å²) >= 11 is 0. The van der Waals surface area contributed by atoms with E-state index < -0.39 is 0 Å². The molecule has 0 unspecified atom stereocenters. The topological polar surface area (TPSA) is 29.9 Å². The van der Waals surface area contributed by atoms with Crippen LogP contribution < -0.4 is 5.32 Å². The van der Waals surface area contributed by atoms with Crippen molar-refractivity contribution < 1.29 is 4.39 Å². The molecule has 3 nitrogen and oxygen atoms in total. The molecule has 24 heavy (non-hydrogen) atoms. The molecule has 4 rings (SSSR count). The van der Waals surface area contributed by atoms with E-state index in [0.717, 1.165) is 29.6 Å². The number of aromatic nitrogens is 2. The van der Waals surface area contributed by atoms with Gasteiger partial charge >= 0.3 is 0 Å². The van der Waals surface area contributed by atoms with Crippen LogP contribution in [-0.2, 0) is 0 Å². The molecule has 2 aromatic carbocycles. The van der Waals surface area contributed by atoms with Gasteiger partial charge in [-0.2, -0.15) is 5.10 Å². The third-order valence-corrected chi connectivity index (χ3v) is 4.32. The Morgan fingerprint density at radius 1 is 1.17 bits per heavy atom. The van der Waals surface area contributed by atoms with Gasteiger partial charge in [0, 0.05) is 11.4 Å². The van der Waals surface area contributed by atoms with E-state index in [0.29, 0.717) is 6.04 Å². The van der Waals surface area contributed by atoms with Gasteiger partial charge in [-0.25, -0.2) is 9.07 Å². The second-order valence-corrected chi connectivity index (χ2v) is 5.99. The maximum Gasteiger partial charge on any atom is 0.123 e. The molecule has 1 aliphatic heterocycles. The lowest BCUT2D eigenvalue weighted by atomic mass is 9.97. The molecule has 0 saturated heterocycles. The van der Waals surface area contributed by atoms with Crippen LogP contribution >= 0.6 is 12.4 Å². The zero-order valence-corrected chi connectivity index (χ0v) is 14.2. The predicted molar refractivity (Wildman–Crippen MR) is 98.3 cm³/mol. The second kappa shape index (κ2) is 6.75. The molecule has 2 heterocycles. The molecule has 0 bridgehead atoms. The quantitative estimate of drug-likeness (QED) is 0.749. The Morgan fingerprint density at radius 2 is 1.96 bits per heavy atom. The minimum absolute atomic E-state index is 0. The third kappa shape index (κ3) is 3.07. The molecule has 0 spiro atoms. The average molecular weight is 344 g/mol. The zero-order valence-electron chi connectivity index (χ0n) is 13.4. The number of hydrogen-bond donors (Lipinski definition) is 1. The van der Waals surface area contributed by atoms with Gasteiger partial charge in [0.15, 0.2) is 0 Å². The Hall–Kier alpha value is -2.17. The van der Waals surface area contributed by atoms with Crippen molar-refractivity contribution in [3.8, 4) is 5.69 Å². The molecule has 0 radical (unpaired) electrons. The molecule has 0 saturated carbocycles. The molecular formula is C19H19ClFN3. The van der Waals surface area contributed by atoms with Crippen LogP contribution in [0.25, 0.3) is 22.2 Å². The molecule has 0 fully saturated rings. The van der Waals surface area contributed by atoms with Crippen LogP contribution in [-0.4, -0.2) is 22.4 Å². The second-order valence-electron chi connectivity index (χ2n) is 5.99. The van der Waals surface area contributed by atoms with E-state index in [1.54, 1.807) is 12.1 Å². The van der Waals surface area contributed by atoms with Crippen molar-refractivity contribution in [2.75, 3.05) is 6.54 Å². The largest absolute Gasteiger partial charge is 0.310 e. The summed E-state index contributed by atoms with van der Waals surface area (Å²) in [5.41, 5.74) is 4.53. The van der Waals surface area contributed by atoms with Gasteiger partial charge in [0.1, 0.15) is 5.82 Å². The predicted octanol–water partition coefficient (Wildman–Crippen LogP) is 4.35. The first-order valence-electron chi connectivity index (χ1n) is 7.89. The van der Waals surface area contributed by atoms with Crippen LogP contribution in [0.4, 0.5) is 4.39 Å². The molecule has 1 N–H and O–H groups in total. The number of halogens is 2. The van der Waals surface area contributed by atoms with Gasteiger partial charge in [-0.1, -0.05) is 12.1 Å². The highest BCUT2D eigenvalue weighted by Gasteiger charge is 2.12. The SMILES string of the molecule is C[C@@H]1C=C(c2ccc3c(cnn3-c3ccc(F)cc3)c2)CCN1.Cl. The fraction of sp³-hybridized carbons (Fsp3) is 0.211. The molecule has 5 heteroatoms. The van der Waals surface area contributed by atoms with Crippen molar-refractivity contribution in [2.24, 2.45) is 0 Å². The van der Waals surface area contributed by atoms with Gasteiger partial charge < -0.3 is 5.32 Å². The van der Waals surface area contributed by atoms with Crippen LogP contribution in [0.3, 0.4) is 0 Å². The van der Waals surface area contributed by atoms with Crippen LogP contribution in [0.5, 0.6) is 0 Å². The Kier molecular flexibility index (Phi) is 4.69. The molecule has 124 valence electrons. The summed E-state index contributed by atoms with van der Waals surface area (Å²) in [6, 6.07) is 13.2. The molecule has 0 amide bonds. The van der Waals surface area contributed by atoms with Crippen LogP contribution in [0.2, 0.25) is 0 Å². The first-order chi connectivity index (χ1) is 11.2. The van der Waals surface area contributed by atoms with E-state index >= 15 is 0 Å². The van der Waals surface area contributed by atoms with E-state index in [-0.39, 0.29) is 18.2 Å². The van der Waals surface area contributed by atoms with E-state index in [9.17, 15) is 4.39 Å². The van der Waals surface area contributed by atoms with Crippen molar-refractivity contribution in [3.63, 3.8) is 0 Å². The average Bonchev–Trinajstić information content (AvgIpc) is 2.99. The van der Waals surface area contributed by atoms with Crippen molar-refractivity contribution in [1.82, 2.24) is 15.1 Å². The first kappa shape index (κ1) is 16.7. The number of nitrogens with one attached hydrogen (secondary N) is 1. The van der Waals surface area contributed by atoms with Gasteiger partial charge in [-0.05, 0) is 67.4 Å². The smallest absolute Gasteiger partial charge is 0.123 e. The van der Waals surface area contributed by atoms with E-state index in [4.69, 9.17) is 0 Å². The van der Waals surface area contributed by atoms with Crippen LogP contribution in [0.15, 0.2) is 54.7 Å². The lowest BCUT2D eigenvalue weighted by Gasteiger charge is -2.19. The van der Waals surface area contributed by atoms with E-state index in [1.165, 1.54) is 23.3 Å². The number of rotatable bonds is 2. The Morgan fingerprint density at radius 3 is 2.71 bits per heavy atom. The number of fused-ring (bicyclic) bond motifs is 1. The Bertz CT molecular complexity index is 883. The summed E-state index contributed by atoms with van der Waals surface area (Å²) in [4.78, 5) is 0. The third-order valence-electron chi connectivity index (χ3n) is 4.32. The van der Waals surface area contributed by atoms with Crippen molar-refractivity contribution in [1.29, 1.82) is 0 Å². The summed E-state index contributed by atoms with van der Waals surface area (Å²) in [5.74, 6) is -0.237. The fourth-order valence-electron chi connectivity index (χ4n) is 3.14. The minimum Gasteiger partial charge on any atom is -0.310 e. The van der Waals surface area contributed by atoms with Crippen LogP contribution in [0, 0.1) is 5.82 Å². The van der Waals surface area contributed by atoms with Gasteiger partial charge in [-0.3, -0.25) is 0 Å². The zero-order chi connectivity index (χ0) is 15.8. The summed E-state index contributed by atoms with van der Waals surface area (Å²) in [5, 5.41) is 8.98. The lowest BCUT2D eigenvalue weighted by Crippen LogP contribution is -2.29. The summed E-state index contributed by atoms with van der Waals surface area (Å²) < 4.78 is 14.9. The Balaban J connectivity index is 0.00000169. The van der Waals surface area contributed by atoms with Crippen molar-refractivity contribution >= 4 is 28.9 Å². The van der Waals surface area contributed by atoms with Gasteiger partial charge in [0.25, 0.3) is 0 Å². The van der Waals surface area contributed by atoms with Crippen molar-refractivity contribution in [3.05, 3.63) is 66.1 Å². The van der Waals surface area contributed by atoms with Gasteiger partial charge in [-0.15, -0.1) is 12.4 Å². The highest BCUT2D eigenvalue weighted by atomic mass is 35.5. The van der Waals surface area contributed by atoms with Gasteiger partial charge in [0.2, 0.25) is 0 Å². The number of nitrogens with zero attached hydrogens (tertiary/aromatic N) is 2. The van der Waals surface area contributed by atoms with Crippen LogP contribution in [0.1, 0.15) is 18.9 Å².